The Kier molecular flexibility index (Phi) is 4.08. The normalized spacial score (nSPS) is 11.0. The minimum absolute atomic E-state index is 0.298. The van der Waals surface area contributed by atoms with Crippen molar-refractivity contribution in [2.24, 2.45) is 0 Å². The molecule has 4 aromatic rings. The maximum atomic E-state index is 12.7. The summed E-state index contributed by atoms with van der Waals surface area (Å²) in [5.74, 6) is -0.303. The quantitative estimate of drug-likeness (QED) is 0.578. The third kappa shape index (κ3) is 3.01. The molecule has 27 heavy (non-hydrogen) atoms. The minimum Gasteiger partial charge on any atom is -0.348 e. The SMILES string of the molecule is Cc1cc(C)n(-c2ccccc2CNC(=O)c2cccn3c(=O)[nH]nc23)n1. The van der Waals surface area contributed by atoms with Crippen molar-refractivity contribution in [1.29, 1.82) is 0 Å². The molecular weight excluding hydrogens is 344 g/mol. The summed E-state index contributed by atoms with van der Waals surface area (Å²) in [6, 6.07) is 13.1. The highest BCUT2D eigenvalue weighted by molar-refractivity contribution is 5.99. The Labute approximate surface area is 154 Å². The van der Waals surface area contributed by atoms with Crippen molar-refractivity contribution in [2.75, 3.05) is 0 Å². The molecule has 3 aromatic heterocycles. The number of carbonyl (C=O) groups is 1. The molecule has 0 radical (unpaired) electrons. The second-order valence-corrected chi connectivity index (χ2v) is 6.29. The van der Waals surface area contributed by atoms with Gasteiger partial charge in [-0.05, 0) is 43.7 Å². The molecule has 0 aliphatic rings. The zero-order valence-corrected chi connectivity index (χ0v) is 14.9. The number of amides is 1. The molecule has 1 amide bonds. The van der Waals surface area contributed by atoms with E-state index in [4.69, 9.17) is 0 Å². The van der Waals surface area contributed by atoms with Crippen molar-refractivity contribution in [3.8, 4) is 5.69 Å². The van der Waals surface area contributed by atoms with E-state index in [1.54, 1.807) is 18.3 Å². The number of fused-ring (bicyclic) bond motifs is 1. The Morgan fingerprint density at radius 2 is 2.00 bits per heavy atom. The first-order chi connectivity index (χ1) is 13.0. The molecule has 0 saturated heterocycles. The molecule has 8 heteroatoms. The van der Waals surface area contributed by atoms with Crippen molar-refractivity contribution in [2.45, 2.75) is 20.4 Å². The van der Waals surface area contributed by atoms with E-state index in [1.165, 1.54) is 4.40 Å². The van der Waals surface area contributed by atoms with Gasteiger partial charge in [-0.3, -0.25) is 4.79 Å². The van der Waals surface area contributed by atoms with E-state index < -0.39 is 0 Å². The number of pyridine rings is 1. The highest BCUT2D eigenvalue weighted by Crippen LogP contribution is 2.17. The lowest BCUT2D eigenvalue weighted by molar-refractivity contribution is 0.0952. The number of rotatable bonds is 4. The maximum Gasteiger partial charge on any atom is 0.347 e. The zero-order valence-electron chi connectivity index (χ0n) is 14.9. The predicted octanol–water partition coefficient (Wildman–Crippen LogP) is 1.76. The number of H-pyrrole nitrogens is 1. The number of carbonyl (C=O) groups excluding carboxylic acids is 1. The summed E-state index contributed by atoms with van der Waals surface area (Å²) in [6.45, 7) is 4.26. The molecule has 0 fully saturated rings. The Balaban J connectivity index is 1.62. The fraction of sp³-hybridized carbons (Fsp3) is 0.158. The number of aromatic nitrogens is 5. The predicted molar refractivity (Wildman–Crippen MR) is 100 cm³/mol. The zero-order chi connectivity index (χ0) is 19.0. The van der Waals surface area contributed by atoms with Gasteiger partial charge in [0.25, 0.3) is 5.91 Å². The van der Waals surface area contributed by atoms with Crippen LogP contribution in [0.2, 0.25) is 0 Å². The van der Waals surface area contributed by atoms with Crippen LogP contribution in [0.5, 0.6) is 0 Å². The van der Waals surface area contributed by atoms with Gasteiger partial charge < -0.3 is 5.32 Å². The summed E-state index contributed by atoms with van der Waals surface area (Å²) in [7, 11) is 0. The van der Waals surface area contributed by atoms with Crippen molar-refractivity contribution in [3.63, 3.8) is 0 Å². The largest absolute Gasteiger partial charge is 0.348 e. The van der Waals surface area contributed by atoms with E-state index >= 15 is 0 Å². The lowest BCUT2D eigenvalue weighted by Crippen LogP contribution is -2.24. The van der Waals surface area contributed by atoms with Crippen molar-refractivity contribution >= 4 is 11.6 Å². The van der Waals surface area contributed by atoms with Crippen molar-refractivity contribution in [3.05, 3.63) is 81.7 Å². The fourth-order valence-corrected chi connectivity index (χ4v) is 3.12. The summed E-state index contributed by atoms with van der Waals surface area (Å²) in [6.07, 6.45) is 1.57. The summed E-state index contributed by atoms with van der Waals surface area (Å²) in [4.78, 5) is 24.3. The monoisotopic (exact) mass is 362 g/mol. The molecule has 3 heterocycles. The van der Waals surface area contributed by atoms with Crippen LogP contribution in [0.1, 0.15) is 27.3 Å². The number of hydrogen-bond donors (Lipinski definition) is 2. The molecule has 136 valence electrons. The third-order valence-corrected chi connectivity index (χ3v) is 4.36. The Bertz CT molecular complexity index is 1200. The van der Waals surface area contributed by atoms with Gasteiger partial charge in [0, 0.05) is 18.4 Å². The Morgan fingerprint density at radius 3 is 2.78 bits per heavy atom. The van der Waals surface area contributed by atoms with Crippen LogP contribution in [0.4, 0.5) is 0 Å². The number of para-hydroxylation sites is 1. The third-order valence-electron chi connectivity index (χ3n) is 4.36. The van der Waals surface area contributed by atoms with Crippen LogP contribution in [0.25, 0.3) is 11.3 Å². The molecule has 0 bridgehead atoms. The van der Waals surface area contributed by atoms with Crippen molar-refractivity contribution in [1.82, 2.24) is 29.7 Å². The van der Waals surface area contributed by atoms with Crippen LogP contribution in [-0.2, 0) is 6.54 Å². The van der Waals surface area contributed by atoms with E-state index in [1.807, 2.05) is 48.9 Å². The van der Waals surface area contributed by atoms with E-state index in [2.05, 4.69) is 20.6 Å². The number of hydrogen-bond acceptors (Lipinski definition) is 4. The molecule has 0 aliphatic heterocycles. The topological polar surface area (TPSA) is 97.1 Å². The number of benzene rings is 1. The summed E-state index contributed by atoms with van der Waals surface area (Å²) in [5, 5.41) is 13.7. The van der Waals surface area contributed by atoms with Gasteiger partial charge in [0.1, 0.15) is 0 Å². The van der Waals surface area contributed by atoms with Gasteiger partial charge in [0.05, 0.1) is 16.9 Å². The van der Waals surface area contributed by atoms with Gasteiger partial charge in [-0.15, -0.1) is 0 Å². The van der Waals surface area contributed by atoms with Gasteiger partial charge in [-0.1, -0.05) is 18.2 Å². The second kappa shape index (κ2) is 6.56. The van der Waals surface area contributed by atoms with Crippen LogP contribution >= 0.6 is 0 Å². The summed E-state index contributed by atoms with van der Waals surface area (Å²) in [5.41, 5.74) is 4.05. The van der Waals surface area contributed by atoms with E-state index in [-0.39, 0.29) is 11.6 Å². The average molecular weight is 362 g/mol. The number of aryl methyl sites for hydroxylation is 2. The van der Waals surface area contributed by atoms with Gasteiger partial charge in [0.2, 0.25) is 0 Å². The van der Waals surface area contributed by atoms with Crippen molar-refractivity contribution < 1.29 is 4.79 Å². The minimum atomic E-state index is -0.380. The lowest BCUT2D eigenvalue weighted by atomic mass is 10.1. The summed E-state index contributed by atoms with van der Waals surface area (Å²) >= 11 is 0. The first-order valence-corrected chi connectivity index (χ1v) is 8.50. The van der Waals surface area contributed by atoms with Gasteiger partial charge in [0.15, 0.2) is 5.65 Å². The van der Waals surface area contributed by atoms with Crippen LogP contribution in [-0.4, -0.2) is 30.3 Å². The van der Waals surface area contributed by atoms with Gasteiger partial charge in [-0.25, -0.2) is 19.0 Å². The molecule has 0 saturated carbocycles. The second-order valence-electron chi connectivity index (χ2n) is 6.29. The van der Waals surface area contributed by atoms with Gasteiger partial charge >= 0.3 is 5.69 Å². The standard InChI is InChI=1S/C19H18N6O2/c1-12-10-13(2)25(23-12)16-8-4-3-6-14(16)11-20-18(26)15-7-5-9-24-17(15)21-22-19(24)27/h3-10H,11H2,1-2H3,(H,20,26)(H,22,27). The maximum absolute atomic E-state index is 12.7. The molecule has 0 unspecified atom stereocenters. The first kappa shape index (κ1) is 16.8. The molecule has 4 rings (SSSR count). The van der Waals surface area contributed by atoms with Crippen LogP contribution < -0.4 is 11.0 Å². The van der Waals surface area contributed by atoms with Crippen LogP contribution in [0, 0.1) is 13.8 Å². The van der Waals surface area contributed by atoms with E-state index in [9.17, 15) is 9.59 Å². The van der Waals surface area contributed by atoms with E-state index in [0.29, 0.717) is 17.8 Å². The number of aromatic amines is 1. The Morgan fingerprint density at radius 1 is 1.19 bits per heavy atom. The molecule has 0 atom stereocenters. The molecule has 2 N–H and O–H groups in total. The average Bonchev–Trinajstić information content (AvgIpc) is 3.21. The summed E-state index contributed by atoms with van der Waals surface area (Å²) < 4.78 is 3.17. The number of nitrogens with one attached hydrogen (secondary N) is 2. The Hall–Kier alpha value is -3.68. The molecule has 0 spiro atoms. The highest BCUT2D eigenvalue weighted by Gasteiger charge is 2.14. The first-order valence-electron chi connectivity index (χ1n) is 8.50. The van der Waals surface area contributed by atoms with Gasteiger partial charge in [-0.2, -0.15) is 10.2 Å². The van der Waals surface area contributed by atoms with E-state index in [0.717, 1.165) is 22.6 Å². The smallest absolute Gasteiger partial charge is 0.347 e. The molecule has 0 aliphatic carbocycles. The van der Waals surface area contributed by atoms with Crippen LogP contribution in [0.15, 0.2) is 53.5 Å². The molecule has 8 nitrogen and oxygen atoms in total. The lowest BCUT2D eigenvalue weighted by Gasteiger charge is -2.12. The molecule has 1 aromatic carbocycles. The fourth-order valence-electron chi connectivity index (χ4n) is 3.12. The molecular formula is C19H18N6O2. The van der Waals surface area contributed by atoms with Crippen LogP contribution in [0.3, 0.4) is 0 Å². The highest BCUT2D eigenvalue weighted by atomic mass is 16.2. The number of nitrogens with zero attached hydrogens (tertiary/aromatic N) is 4.